The second-order valence-electron chi connectivity index (χ2n) is 15.3. The topological polar surface area (TPSA) is 0 Å². The molecule has 0 heterocycles. The van der Waals surface area contributed by atoms with Crippen molar-refractivity contribution in [1.29, 1.82) is 0 Å². The van der Waals surface area contributed by atoms with Crippen LogP contribution in [0.25, 0.3) is 0 Å². The van der Waals surface area contributed by atoms with Gasteiger partial charge in [0.1, 0.15) is 0 Å². The number of rotatable bonds is 16. The van der Waals surface area contributed by atoms with E-state index in [1.807, 2.05) is 0 Å². The summed E-state index contributed by atoms with van der Waals surface area (Å²) in [5.74, 6) is 0. The molecule has 0 saturated heterocycles. The maximum Gasteiger partial charge on any atom is 0.0167 e. The molecule has 0 spiro atoms. The van der Waals surface area contributed by atoms with Crippen molar-refractivity contribution >= 4 is 74.1 Å². The maximum absolute atomic E-state index is 2.52. The largest absolute Gasteiger partial charge is 0.0622 e. The van der Waals surface area contributed by atoms with Crippen LogP contribution in [0, 0.1) is 0 Å². The van der Waals surface area contributed by atoms with Gasteiger partial charge in [-0.05, 0) is 97.6 Å². The molecular weight excluding hydrogens is 821 g/mol. The van der Waals surface area contributed by atoms with Gasteiger partial charge in [-0.25, -0.2) is 0 Å². The maximum atomic E-state index is 2.52. The molecule has 302 valence electrons. The van der Waals surface area contributed by atoms with E-state index in [1.165, 1.54) is 53.6 Å². The van der Waals surface area contributed by atoms with Gasteiger partial charge in [-0.15, -0.1) is 0 Å². The SMILES string of the molecule is c1ccc(P(CC(c2ccc(C(CP(c3ccccc3)c3ccccc3)P(c3ccccc3)c3ccccc3)cc2)P(c2ccccc2)c2ccccc2)c2ccccc2)cc1. The lowest BCUT2D eigenvalue weighted by atomic mass is 10.1. The summed E-state index contributed by atoms with van der Waals surface area (Å²) in [5.41, 5.74) is 3.40. The normalized spacial score (nSPS) is 12.5. The van der Waals surface area contributed by atoms with E-state index in [0.717, 1.165) is 12.3 Å². The molecule has 0 nitrogen and oxygen atoms in total. The van der Waals surface area contributed by atoms with Gasteiger partial charge in [0.2, 0.25) is 0 Å². The van der Waals surface area contributed by atoms with Crippen LogP contribution in [0.1, 0.15) is 22.4 Å². The number of benzene rings is 9. The summed E-state index contributed by atoms with van der Waals surface area (Å²) in [5, 5.41) is 11.4. The van der Waals surface area contributed by atoms with E-state index < -0.39 is 31.7 Å². The molecular formula is C58H50P4. The molecule has 9 aromatic carbocycles. The first-order valence-electron chi connectivity index (χ1n) is 21.4. The Bertz CT molecular complexity index is 2320. The minimum Gasteiger partial charge on any atom is -0.0622 e. The Morgan fingerprint density at radius 3 is 0.581 bits per heavy atom. The fourth-order valence-electron chi connectivity index (χ4n) is 8.48. The molecule has 0 N–H and O–H groups in total. The van der Waals surface area contributed by atoms with Crippen molar-refractivity contribution < 1.29 is 0 Å². The summed E-state index contributed by atoms with van der Waals surface area (Å²) < 4.78 is 0. The molecule has 0 aliphatic heterocycles. The number of hydrogen-bond acceptors (Lipinski definition) is 0. The molecule has 0 aliphatic carbocycles. The predicted molar refractivity (Wildman–Crippen MR) is 278 cm³/mol. The molecule has 0 bridgehead atoms. The third kappa shape index (κ3) is 10.1. The Morgan fingerprint density at radius 1 is 0.210 bits per heavy atom. The predicted octanol–water partition coefficient (Wildman–Crippen LogP) is 12.3. The van der Waals surface area contributed by atoms with Crippen molar-refractivity contribution in [2.45, 2.75) is 11.3 Å². The van der Waals surface area contributed by atoms with Gasteiger partial charge in [0.15, 0.2) is 0 Å². The first kappa shape index (κ1) is 42.0. The van der Waals surface area contributed by atoms with Gasteiger partial charge in [0, 0.05) is 11.3 Å². The van der Waals surface area contributed by atoms with Crippen molar-refractivity contribution in [3.8, 4) is 0 Å². The third-order valence-electron chi connectivity index (χ3n) is 11.4. The standard InChI is InChI=1S/C58H50P4/c1-9-25-49(26-10-1)59(50-27-11-2-12-28-50)45-57(61(53-33-17-5-18-34-53)54-35-19-6-20-36-54)47-41-43-48(44-42-47)58(62(55-37-21-7-22-38-55)56-39-23-8-24-40-56)46-60(51-29-13-3-14-30-51)52-31-15-4-16-32-52/h1-44,57-58H,45-46H2. The Balaban J connectivity index is 1.20. The Hall–Kier alpha value is -5.30. The van der Waals surface area contributed by atoms with Crippen LogP contribution < -0.4 is 42.4 Å². The van der Waals surface area contributed by atoms with Crippen LogP contribution in [-0.2, 0) is 0 Å². The van der Waals surface area contributed by atoms with Gasteiger partial charge in [0.05, 0.1) is 0 Å². The van der Waals surface area contributed by atoms with Crippen LogP contribution >= 0.6 is 31.7 Å². The highest BCUT2D eigenvalue weighted by molar-refractivity contribution is 7.77. The zero-order chi connectivity index (χ0) is 41.8. The molecule has 0 aromatic heterocycles. The first-order chi connectivity index (χ1) is 30.8. The van der Waals surface area contributed by atoms with Crippen LogP contribution in [-0.4, -0.2) is 12.3 Å². The van der Waals surface area contributed by atoms with E-state index >= 15 is 0 Å². The van der Waals surface area contributed by atoms with Crippen LogP contribution in [0.2, 0.25) is 0 Å². The summed E-state index contributed by atoms with van der Waals surface area (Å²) in [6.07, 6.45) is 2.10. The van der Waals surface area contributed by atoms with Crippen molar-refractivity contribution in [2.75, 3.05) is 12.3 Å². The highest BCUT2D eigenvalue weighted by Crippen LogP contribution is 2.57. The lowest BCUT2D eigenvalue weighted by Gasteiger charge is -2.34. The summed E-state index contributed by atoms with van der Waals surface area (Å²) in [6.45, 7) is 0. The van der Waals surface area contributed by atoms with E-state index in [2.05, 4.69) is 267 Å². The monoisotopic (exact) mass is 870 g/mol. The van der Waals surface area contributed by atoms with Crippen molar-refractivity contribution in [3.05, 3.63) is 278 Å². The van der Waals surface area contributed by atoms with E-state index in [1.54, 1.807) is 0 Å². The Kier molecular flexibility index (Phi) is 14.4. The quantitative estimate of drug-likeness (QED) is 0.0849. The first-order valence-corrected chi connectivity index (χ1v) is 27.3. The Morgan fingerprint density at radius 2 is 0.387 bits per heavy atom. The van der Waals surface area contributed by atoms with E-state index in [0.29, 0.717) is 0 Å². The molecule has 4 heteroatoms. The van der Waals surface area contributed by atoms with Crippen molar-refractivity contribution in [2.24, 2.45) is 0 Å². The summed E-state index contributed by atoms with van der Waals surface area (Å²) in [4.78, 5) is 0. The van der Waals surface area contributed by atoms with Gasteiger partial charge < -0.3 is 0 Å². The van der Waals surface area contributed by atoms with Gasteiger partial charge in [-0.3, -0.25) is 0 Å². The molecule has 0 aliphatic rings. The molecule has 0 radical (unpaired) electrons. The van der Waals surface area contributed by atoms with Crippen molar-refractivity contribution in [3.63, 3.8) is 0 Å². The molecule has 0 amide bonds. The van der Waals surface area contributed by atoms with Crippen molar-refractivity contribution in [1.82, 2.24) is 0 Å². The van der Waals surface area contributed by atoms with Crippen LogP contribution in [0.4, 0.5) is 0 Å². The third-order valence-corrected chi connectivity index (χ3v) is 22.8. The highest BCUT2D eigenvalue weighted by Gasteiger charge is 2.33. The molecule has 9 rings (SSSR count). The molecule has 0 fully saturated rings. The smallest absolute Gasteiger partial charge is 0.0167 e. The molecule has 62 heavy (non-hydrogen) atoms. The van der Waals surface area contributed by atoms with Crippen LogP contribution in [0.3, 0.4) is 0 Å². The lowest BCUT2D eigenvalue weighted by Crippen LogP contribution is -2.24. The summed E-state index contributed by atoms with van der Waals surface area (Å²) in [7, 11) is -2.85. The van der Waals surface area contributed by atoms with Crippen LogP contribution in [0.15, 0.2) is 267 Å². The zero-order valence-corrected chi connectivity index (χ0v) is 38.3. The average Bonchev–Trinajstić information content (AvgIpc) is 3.36. The van der Waals surface area contributed by atoms with Gasteiger partial charge >= 0.3 is 0 Å². The molecule has 9 aromatic rings. The Labute approximate surface area is 373 Å². The number of hydrogen-bond donors (Lipinski definition) is 0. The van der Waals surface area contributed by atoms with Gasteiger partial charge in [-0.2, -0.15) is 0 Å². The average molecular weight is 871 g/mol. The molecule has 0 saturated carbocycles. The zero-order valence-electron chi connectivity index (χ0n) is 34.8. The minimum absolute atomic E-state index is 0.282. The highest BCUT2D eigenvalue weighted by atomic mass is 31.1. The van der Waals surface area contributed by atoms with Gasteiger partial charge in [0.25, 0.3) is 0 Å². The summed E-state index contributed by atoms with van der Waals surface area (Å²) >= 11 is 0. The lowest BCUT2D eigenvalue weighted by molar-refractivity contribution is 1.06. The van der Waals surface area contributed by atoms with E-state index in [4.69, 9.17) is 0 Å². The fourth-order valence-corrected chi connectivity index (χ4v) is 20.4. The van der Waals surface area contributed by atoms with E-state index in [-0.39, 0.29) is 11.3 Å². The van der Waals surface area contributed by atoms with Crippen LogP contribution in [0.5, 0.6) is 0 Å². The minimum atomic E-state index is -0.765. The second kappa shape index (κ2) is 21.2. The molecule has 2 unspecified atom stereocenters. The summed E-state index contributed by atoms with van der Waals surface area (Å²) in [6, 6.07) is 101. The fraction of sp³-hybridized carbons (Fsp3) is 0.0690. The molecule has 2 atom stereocenters. The second-order valence-corrected chi connectivity index (χ2v) is 24.6. The van der Waals surface area contributed by atoms with E-state index in [9.17, 15) is 0 Å². The van der Waals surface area contributed by atoms with Gasteiger partial charge in [-0.1, -0.05) is 267 Å².